The highest BCUT2D eigenvalue weighted by molar-refractivity contribution is 5.72. The van der Waals surface area contributed by atoms with Crippen LogP contribution in [0.1, 0.15) is 252 Å². The summed E-state index contributed by atoms with van der Waals surface area (Å²) >= 11 is 0. The van der Waals surface area contributed by atoms with Crippen LogP contribution in [0.4, 0.5) is 0 Å². The molecular formula is C71H112O6. The average molecular weight is 1060 g/mol. The Morgan fingerprint density at radius 2 is 0.545 bits per heavy atom. The van der Waals surface area contributed by atoms with Crippen LogP contribution >= 0.6 is 0 Å². The Morgan fingerprint density at radius 3 is 0.870 bits per heavy atom. The Labute approximate surface area is 473 Å². The number of unbranched alkanes of at least 4 members (excludes halogenated alkanes) is 18. The van der Waals surface area contributed by atoms with Crippen LogP contribution in [0.25, 0.3) is 0 Å². The molecule has 0 aliphatic heterocycles. The molecule has 0 saturated carbocycles. The molecule has 0 N–H and O–H groups in total. The zero-order chi connectivity index (χ0) is 55.7. The summed E-state index contributed by atoms with van der Waals surface area (Å²) in [7, 11) is 0. The summed E-state index contributed by atoms with van der Waals surface area (Å²) in [5.41, 5.74) is 0. The van der Waals surface area contributed by atoms with Crippen LogP contribution in [-0.2, 0) is 28.6 Å². The van der Waals surface area contributed by atoms with Crippen molar-refractivity contribution in [3.05, 3.63) is 158 Å². The highest BCUT2D eigenvalue weighted by atomic mass is 16.6. The summed E-state index contributed by atoms with van der Waals surface area (Å²) in [5.74, 6) is -1.08. The standard InChI is InChI=1S/C71H112O6/c1-4-7-10-13-16-19-22-25-27-28-29-30-31-32-33-34-35-36-37-38-39-40-41-42-44-46-49-52-55-58-61-64-70(73)76-67-68(66-75-69(72)63-60-57-54-51-48-45-24-21-18-15-12-9-6-3)77-71(74)65-62-59-56-53-50-47-43-26-23-20-17-14-11-8-5-2/h7-8,10-11,16-17,19-21,24-27,29-30,32-33,35-36,38-39,43,50,53,59,62,68H,4-6,9,12-15,18,22-23,28,31,34,37,40-42,44-49,51-52,54-58,60-61,63-67H2,1-3H3/b10-7-,11-8-,19-16-,20-17-,24-21-,27-25-,30-29-,33-32-,36-35-,39-38-,43-26-,53-50-,62-59-. The van der Waals surface area contributed by atoms with Gasteiger partial charge in [0.15, 0.2) is 6.10 Å². The van der Waals surface area contributed by atoms with E-state index in [2.05, 4.69) is 167 Å². The normalized spacial score (nSPS) is 13.2. The third-order valence-electron chi connectivity index (χ3n) is 12.5. The number of carbonyl (C=O) groups excluding carboxylic acids is 3. The SMILES string of the molecule is CC/C=C\C/C=C\C/C=C\C/C=C\C/C=C\C/C=C\C/C=C\CCCCCCCCCCCC(=O)OCC(COC(=O)CCCCCCC/C=C\CCCCCC)OC(=O)C/C=C\C/C=C\C/C=C\C/C=C\C/C=C\CC. The summed E-state index contributed by atoms with van der Waals surface area (Å²) in [5, 5.41) is 0. The van der Waals surface area contributed by atoms with Gasteiger partial charge in [0.2, 0.25) is 0 Å². The van der Waals surface area contributed by atoms with Crippen molar-refractivity contribution in [2.24, 2.45) is 0 Å². The van der Waals surface area contributed by atoms with Crippen LogP contribution in [-0.4, -0.2) is 37.2 Å². The van der Waals surface area contributed by atoms with Crippen molar-refractivity contribution in [1.82, 2.24) is 0 Å². The van der Waals surface area contributed by atoms with Crippen molar-refractivity contribution in [2.45, 2.75) is 258 Å². The number of ether oxygens (including phenoxy) is 3. The number of allylic oxidation sites excluding steroid dienone is 25. The summed E-state index contributed by atoms with van der Waals surface area (Å²) in [6.07, 6.45) is 92.7. The molecule has 0 bridgehead atoms. The van der Waals surface area contributed by atoms with Gasteiger partial charge in [-0.2, -0.15) is 0 Å². The number of hydrogen-bond donors (Lipinski definition) is 0. The topological polar surface area (TPSA) is 78.9 Å². The van der Waals surface area contributed by atoms with Gasteiger partial charge in [0.1, 0.15) is 13.2 Å². The molecular weight excluding hydrogens is 949 g/mol. The zero-order valence-corrected chi connectivity index (χ0v) is 49.4. The molecule has 0 spiro atoms. The lowest BCUT2D eigenvalue weighted by atomic mass is 10.1. The second-order valence-corrected chi connectivity index (χ2v) is 19.9. The fourth-order valence-corrected chi connectivity index (χ4v) is 7.96. The molecule has 6 nitrogen and oxygen atoms in total. The minimum atomic E-state index is -0.845. The number of carbonyl (C=O) groups is 3. The summed E-state index contributed by atoms with van der Waals surface area (Å²) in [4.78, 5) is 38.1. The van der Waals surface area contributed by atoms with E-state index in [1.807, 2.05) is 6.08 Å². The van der Waals surface area contributed by atoms with Crippen LogP contribution in [0.3, 0.4) is 0 Å². The van der Waals surface area contributed by atoms with Crippen molar-refractivity contribution in [2.75, 3.05) is 13.2 Å². The van der Waals surface area contributed by atoms with E-state index < -0.39 is 12.1 Å². The molecule has 0 aliphatic rings. The van der Waals surface area contributed by atoms with E-state index in [-0.39, 0.29) is 31.6 Å². The lowest BCUT2D eigenvalue weighted by Crippen LogP contribution is -2.30. The van der Waals surface area contributed by atoms with Gasteiger partial charge >= 0.3 is 17.9 Å². The minimum absolute atomic E-state index is 0.0876. The molecule has 0 saturated heterocycles. The van der Waals surface area contributed by atoms with E-state index in [4.69, 9.17) is 14.2 Å². The average Bonchev–Trinajstić information content (AvgIpc) is 3.43. The molecule has 1 atom stereocenters. The Hall–Kier alpha value is -4.97. The first-order chi connectivity index (χ1) is 38.0. The van der Waals surface area contributed by atoms with Crippen LogP contribution < -0.4 is 0 Å². The van der Waals surface area contributed by atoms with Gasteiger partial charge < -0.3 is 14.2 Å². The predicted octanol–water partition coefficient (Wildman–Crippen LogP) is 21.3. The van der Waals surface area contributed by atoms with Gasteiger partial charge in [-0.25, -0.2) is 0 Å². The largest absolute Gasteiger partial charge is 0.462 e. The van der Waals surface area contributed by atoms with Crippen molar-refractivity contribution < 1.29 is 28.6 Å². The fraction of sp³-hybridized carbons (Fsp3) is 0.592. The molecule has 0 amide bonds. The number of esters is 3. The lowest BCUT2D eigenvalue weighted by molar-refractivity contribution is -0.166. The van der Waals surface area contributed by atoms with Crippen LogP contribution in [0.5, 0.6) is 0 Å². The fourth-order valence-electron chi connectivity index (χ4n) is 7.96. The van der Waals surface area contributed by atoms with Gasteiger partial charge in [-0.3, -0.25) is 14.4 Å². The Morgan fingerprint density at radius 1 is 0.286 bits per heavy atom. The van der Waals surface area contributed by atoms with E-state index >= 15 is 0 Å². The molecule has 1 unspecified atom stereocenters. The molecule has 0 aliphatic carbocycles. The first kappa shape index (κ1) is 72.0. The second-order valence-electron chi connectivity index (χ2n) is 19.9. The van der Waals surface area contributed by atoms with Gasteiger partial charge in [0, 0.05) is 12.8 Å². The van der Waals surface area contributed by atoms with E-state index in [9.17, 15) is 14.4 Å². The first-order valence-corrected chi connectivity index (χ1v) is 31.0. The smallest absolute Gasteiger partial charge is 0.310 e. The third-order valence-corrected chi connectivity index (χ3v) is 12.5. The van der Waals surface area contributed by atoms with Crippen molar-refractivity contribution in [3.8, 4) is 0 Å². The Balaban J connectivity index is 4.36. The minimum Gasteiger partial charge on any atom is -0.462 e. The highest BCUT2D eigenvalue weighted by Crippen LogP contribution is 2.14. The van der Waals surface area contributed by atoms with E-state index in [1.54, 1.807) is 6.08 Å². The summed E-state index contributed by atoms with van der Waals surface area (Å²) in [6.45, 7) is 6.29. The summed E-state index contributed by atoms with van der Waals surface area (Å²) < 4.78 is 16.7. The Bertz CT molecular complexity index is 1740. The second kappa shape index (κ2) is 63.6. The monoisotopic (exact) mass is 1060 g/mol. The van der Waals surface area contributed by atoms with E-state index in [0.29, 0.717) is 19.3 Å². The maximum Gasteiger partial charge on any atom is 0.310 e. The molecule has 0 aromatic rings. The summed E-state index contributed by atoms with van der Waals surface area (Å²) in [6, 6.07) is 0. The maximum absolute atomic E-state index is 12.8. The molecule has 0 fully saturated rings. The third kappa shape index (κ3) is 61.8. The van der Waals surface area contributed by atoms with Gasteiger partial charge in [-0.15, -0.1) is 0 Å². The zero-order valence-electron chi connectivity index (χ0n) is 49.4. The van der Waals surface area contributed by atoms with Crippen LogP contribution in [0.15, 0.2) is 158 Å². The number of hydrogen-bond acceptors (Lipinski definition) is 6. The van der Waals surface area contributed by atoms with Crippen molar-refractivity contribution in [3.63, 3.8) is 0 Å². The van der Waals surface area contributed by atoms with Gasteiger partial charge in [0.25, 0.3) is 0 Å². The van der Waals surface area contributed by atoms with Crippen molar-refractivity contribution >= 4 is 17.9 Å². The maximum atomic E-state index is 12.8. The van der Waals surface area contributed by atoms with Crippen LogP contribution in [0.2, 0.25) is 0 Å². The predicted molar refractivity (Wildman–Crippen MR) is 334 cm³/mol. The molecule has 6 heteroatoms. The molecule has 0 heterocycles. The van der Waals surface area contributed by atoms with E-state index in [0.717, 1.165) is 128 Å². The van der Waals surface area contributed by atoms with E-state index in [1.165, 1.54) is 77.0 Å². The molecule has 0 aromatic carbocycles. The highest BCUT2D eigenvalue weighted by Gasteiger charge is 2.19. The number of rotatable bonds is 54. The van der Waals surface area contributed by atoms with Gasteiger partial charge in [-0.05, 0) is 128 Å². The van der Waals surface area contributed by atoms with Gasteiger partial charge in [0.05, 0.1) is 6.42 Å². The first-order valence-electron chi connectivity index (χ1n) is 31.0. The van der Waals surface area contributed by atoms with Gasteiger partial charge in [-0.1, -0.05) is 262 Å². The van der Waals surface area contributed by atoms with Crippen molar-refractivity contribution in [1.29, 1.82) is 0 Å². The molecule has 0 aromatic heterocycles. The lowest BCUT2D eigenvalue weighted by Gasteiger charge is -2.18. The molecule has 77 heavy (non-hydrogen) atoms. The Kier molecular flexibility index (Phi) is 59.5. The molecule has 432 valence electrons. The molecule has 0 rings (SSSR count). The molecule has 0 radical (unpaired) electrons. The van der Waals surface area contributed by atoms with Crippen LogP contribution in [0, 0.1) is 0 Å². The quantitative estimate of drug-likeness (QED) is 0.0261.